The fraction of sp³-hybridized carbons (Fsp3) is 0.0909. The summed E-state index contributed by atoms with van der Waals surface area (Å²) in [5, 5.41) is 8.82. The molecule has 2 heterocycles. The van der Waals surface area contributed by atoms with E-state index in [9.17, 15) is 0 Å². The number of hydrogen-bond acceptors (Lipinski definition) is 5. The van der Waals surface area contributed by atoms with Gasteiger partial charge in [-0.1, -0.05) is 0 Å². The summed E-state index contributed by atoms with van der Waals surface area (Å²) in [6, 6.07) is 5.43. The Morgan fingerprint density at radius 3 is 2.75 bits per heavy atom. The predicted molar refractivity (Wildman–Crippen MR) is 55.8 cm³/mol. The summed E-state index contributed by atoms with van der Waals surface area (Å²) >= 11 is 0. The summed E-state index contributed by atoms with van der Waals surface area (Å²) in [5.74, 6) is 0.764. The van der Waals surface area contributed by atoms with Crippen molar-refractivity contribution in [3.63, 3.8) is 0 Å². The molecule has 0 spiro atoms. The molecule has 78 valence electrons. The Labute approximate surface area is 92.4 Å². The van der Waals surface area contributed by atoms with Crippen LogP contribution in [0.2, 0.25) is 0 Å². The molecule has 2 aromatic heterocycles. The third kappa shape index (κ3) is 1.96. The van der Waals surface area contributed by atoms with Gasteiger partial charge in [0.05, 0.1) is 5.69 Å². The largest absolute Gasteiger partial charge is 0.435 e. The number of pyridine rings is 1. The highest BCUT2D eigenvalue weighted by atomic mass is 16.5. The fourth-order valence-electron chi connectivity index (χ4n) is 1.16. The average molecular weight is 212 g/mol. The van der Waals surface area contributed by atoms with Crippen molar-refractivity contribution in [2.24, 2.45) is 0 Å². The zero-order valence-electron chi connectivity index (χ0n) is 8.58. The number of aryl methyl sites for hydroxylation is 1. The van der Waals surface area contributed by atoms with Crippen LogP contribution < -0.4 is 4.74 Å². The Balaban J connectivity index is 2.35. The van der Waals surface area contributed by atoms with Crippen molar-refractivity contribution >= 4 is 0 Å². The predicted octanol–water partition coefficient (Wildman–Crippen LogP) is 1.84. The van der Waals surface area contributed by atoms with Gasteiger partial charge < -0.3 is 4.74 Å². The van der Waals surface area contributed by atoms with Gasteiger partial charge >= 0.3 is 0 Å². The van der Waals surface area contributed by atoms with Crippen LogP contribution in [0.3, 0.4) is 0 Å². The topological polar surface area (TPSA) is 71.7 Å². The Hall–Kier alpha value is -2.48. The molecule has 0 unspecified atom stereocenters. The summed E-state index contributed by atoms with van der Waals surface area (Å²) in [7, 11) is 0. The number of nitrogens with zero attached hydrogens (tertiary/aromatic N) is 4. The van der Waals surface area contributed by atoms with E-state index >= 15 is 0 Å². The number of hydrogen-bond donors (Lipinski definition) is 0. The lowest BCUT2D eigenvalue weighted by atomic mass is 10.3. The van der Waals surface area contributed by atoms with Crippen molar-refractivity contribution in [1.82, 2.24) is 15.0 Å². The molecule has 0 radical (unpaired) electrons. The van der Waals surface area contributed by atoms with E-state index in [2.05, 4.69) is 15.0 Å². The summed E-state index contributed by atoms with van der Waals surface area (Å²) in [6.45, 7) is 1.82. The highest BCUT2D eigenvalue weighted by Gasteiger charge is 2.08. The quantitative estimate of drug-likeness (QED) is 0.759. The molecule has 0 aliphatic rings. The molecule has 16 heavy (non-hydrogen) atoms. The second kappa shape index (κ2) is 4.36. The van der Waals surface area contributed by atoms with Crippen molar-refractivity contribution in [3.05, 3.63) is 42.1 Å². The Kier molecular flexibility index (Phi) is 2.74. The van der Waals surface area contributed by atoms with Crippen molar-refractivity contribution in [3.8, 4) is 17.7 Å². The van der Waals surface area contributed by atoms with E-state index < -0.39 is 0 Å². The second-order valence-corrected chi connectivity index (χ2v) is 3.01. The first kappa shape index (κ1) is 10.1. The van der Waals surface area contributed by atoms with Crippen LogP contribution in [0, 0.1) is 18.3 Å². The lowest BCUT2D eigenvalue weighted by Gasteiger charge is -2.06. The maximum absolute atomic E-state index is 8.82. The van der Waals surface area contributed by atoms with Gasteiger partial charge in [-0.15, -0.1) is 0 Å². The molecule has 0 aromatic carbocycles. The summed E-state index contributed by atoms with van der Waals surface area (Å²) < 4.78 is 5.47. The normalized spacial score (nSPS) is 9.50. The van der Waals surface area contributed by atoms with Crippen LogP contribution in [0.4, 0.5) is 0 Å². The summed E-state index contributed by atoms with van der Waals surface area (Å²) in [4.78, 5) is 11.9. The highest BCUT2D eigenvalue weighted by Crippen LogP contribution is 2.22. The number of rotatable bonds is 2. The van der Waals surface area contributed by atoms with Crippen LogP contribution in [0.15, 0.2) is 30.7 Å². The van der Waals surface area contributed by atoms with Gasteiger partial charge in [0.15, 0.2) is 5.75 Å². The van der Waals surface area contributed by atoms with E-state index in [0.717, 1.165) is 5.69 Å². The Morgan fingerprint density at radius 1 is 1.19 bits per heavy atom. The molecule has 2 rings (SSSR count). The monoisotopic (exact) mass is 212 g/mol. The minimum atomic E-state index is 0.158. The van der Waals surface area contributed by atoms with Crippen LogP contribution >= 0.6 is 0 Å². The zero-order valence-corrected chi connectivity index (χ0v) is 8.58. The number of ether oxygens (including phenoxy) is 1. The summed E-state index contributed by atoms with van der Waals surface area (Å²) in [5.41, 5.74) is 0.891. The van der Waals surface area contributed by atoms with Crippen LogP contribution in [0.5, 0.6) is 11.6 Å². The minimum absolute atomic E-state index is 0.158. The first-order valence-corrected chi connectivity index (χ1v) is 4.62. The van der Waals surface area contributed by atoms with Crippen molar-refractivity contribution < 1.29 is 4.74 Å². The molecule has 0 amide bonds. The standard InChI is InChI=1S/C11H8N4O/c1-8-10(3-2-4-13-8)16-11-9(7-12)14-5-6-15-11/h2-6H,1H3. The SMILES string of the molecule is Cc1ncccc1Oc1nccnc1C#N. The third-order valence-corrected chi connectivity index (χ3v) is 1.94. The molecular formula is C11H8N4O. The van der Waals surface area contributed by atoms with Gasteiger partial charge in [-0.25, -0.2) is 9.97 Å². The van der Waals surface area contributed by atoms with Crippen LogP contribution in [0.25, 0.3) is 0 Å². The molecule has 0 N–H and O–H groups in total. The molecule has 5 heteroatoms. The highest BCUT2D eigenvalue weighted by molar-refractivity contribution is 5.36. The molecule has 0 saturated carbocycles. The van der Waals surface area contributed by atoms with Crippen molar-refractivity contribution in [1.29, 1.82) is 5.26 Å². The molecule has 5 nitrogen and oxygen atoms in total. The van der Waals surface area contributed by atoms with Crippen LogP contribution in [-0.4, -0.2) is 15.0 Å². The van der Waals surface area contributed by atoms with E-state index in [0.29, 0.717) is 5.75 Å². The second-order valence-electron chi connectivity index (χ2n) is 3.01. The molecule has 0 aliphatic heterocycles. The van der Waals surface area contributed by atoms with Crippen molar-refractivity contribution in [2.75, 3.05) is 0 Å². The van der Waals surface area contributed by atoms with Gasteiger partial charge in [0.25, 0.3) is 5.88 Å². The molecule has 0 saturated heterocycles. The lowest BCUT2D eigenvalue weighted by Crippen LogP contribution is -1.96. The van der Waals surface area contributed by atoms with E-state index in [1.807, 2.05) is 13.0 Å². The average Bonchev–Trinajstić information content (AvgIpc) is 2.33. The molecule has 0 fully saturated rings. The number of aromatic nitrogens is 3. The molecule has 0 bridgehead atoms. The van der Waals surface area contributed by atoms with Gasteiger partial charge in [0.1, 0.15) is 6.07 Å². The van der Waals surface area contributed by atoms with Crippen molar-refractivity contribution in [2.45, 2.75) is 6.92 Å². The van der Waals surface area contributed by atoms with E-state index in [1.165, 1.54) is 12.4 Å². The van der Waals surface area contributed by atoms with E-state index in [1.54, 1.807) is 18.3 Å². The lowest BCUT2D eigenvalue weighted by molar-refractivity contribution is 0.452. The third-order valence-electron chi connectivity index (χ3n) is 1.94. The van der Waals surface area contributed by atoms with Gasteiger partial charge in [-0.3, -0.25) is 4.98 Å². The van der Waals surface area contributed by atoms with Gasteiger partial charge in [0, 0.05) is 18.6 Å². The molecular weight excluding hydrogens is 204 g/mol. The van der Waals surface area contributed by atoms with Gasteiger partial charge in [-0.05, 0) is 19.1 Å². The Morgan fingerprint density at radius 2 is 2.00 bits per heavy atom. The first-order chi connectivity index (χ1) is 7.81. The smallest absolute Gasteiger partial charge is 0.256 e. The number of nitriles is 1. The first-order valence-electron chi connectivity index (χ1n) is 4.62. The van der Waals surface area contributed by atoms with Crippen LogP contribution in [0.1, 0.15) is 11.4 Å². The molecule has 0 aliphatic carbocycles. The minimum Gasteiger partial charge on any atom is -0.435 e. The Bertz CT molecular complexity index is 548. The van der Waals surface area contributed by atoms with E-state index in [-0.39, 0.29) is 11.6 Å². The maximum atomic E-state index is 8.82. The summed E-state index contributed by atoms with van der Waals surface area (Å²) in [6.07, 6.45) is 4.59. The molecule has 0 atom stereocenters. The van der Waals surface area contributed by atoms with Gasteiger partial charge in [0.2, 0.25) is 5.69 Å². The molecule has 2 aromatic rings. The zero-order chi connectivity index (χ0) is 11.4. The maximum Gasteiger partial charge on any atom is 0.256 e. The van der Waals surface area contributed by atoms with Crippen LogP contribution in [-0.2, 0) is 0 Å². The van der Waals surface area contributed by atoms with Gasteiger partial charge in [-0.2, -0.15) is 5.26 Å². The fourth-order valence-corrected chi connectivity index (χ4v) is 1.16. The van der Waals surface area contributed by atoms with E-state index in [4.69, 9.17) is 10.00 Å².